The van der Waals surface area contributed by atoms with Crippen LogP contribution in [0.1, 0.15) is 0 Å². The molecule has 2 heterocycles. The van der Waals surface area contributed by atoms with Gasteiger partial charge in [-0.2, -0.15) is 0 Å². The van der Waals surface area contributed by atoms with Gasteiger partial charge >= 0.3 is 0 Å². The van der Waals surface area contributed by atoms with Gasteiger partial charge in [0.05, 0.1) is 17.7 Å². The lowest BCUT2D eigenvalue weighted by atomic mass is 10.2. The Kier molecular flexibility index (Phi) is 1.83. The fraction of sp³-hybridized carbons (Fsp3) is 0. The normalized spacial score (nSPS) is 13.9. The van der Waals surface area contributed by atoms with E-state index in [1.54, 1.807) is 24.4 Å². The molecule has 1 aliphatic heterocycles. The van der Waals surface area contributed by atoms with Gasteiger partial charge in [0.15, 0.2) is 5.43 Å². The van der Waals surface area contributed by atoms with Crippen molar-refractivity contribution in [1.29, 1.82) is 0 Å². The first kappa shape index (κ1) is 8.84. The van der Waals surface area contributed by atoms with Gasteiger partial charge in [-0.25, -0.2) is 0 Å². The Hall–Kier alpha value is -2.43. The van der Waals surface area contributed by atoms with Gasteiger partial charge in [-0.05, 0) is 12.1 Å². The third kappa shape index (κ3) is 1.30. The summed E-state index contributed by atoms with van der Waals surface area (Å²) in [6, 6.07) is 8.45. The number of benzene rings is 1. The van der Waals surface area contributed by atoms with Crippen molar-refractivity contribution in [3.63, 3.8) is 0 Å². The largest absolute Gasteiger partial charge is 0.436 e. The maximum Gasteiger partial charge on any atom is 0.256 e. The quantitative estimate of drug-likeness (QED) is 0.783. The molecule has 0 atom stereocenters. The van der Waals surface area contributed by atoms with Gasteiger partial charge in [0.1, 0.15) is 11.8 Å². The smallest absolute Gasteiger partial charge is 0.256 e. The van der Waals surface area contributed by atoms with Crippen LogP contribution in [-0.2, 0) is 4.84 Å². The molecule has 3 rings (SSSR count). The highest BCUT2D eigenvalue weighted by Crippen LogP contribution is 2.19. The summed E-state index contributed by atoms with van der Waals surface area (Å²) in [6.45, 7) is 0. The number of hydrogen-bond acceptors (Lipinski definition) is 5. The number of rotatable bonds is 1. The van der Waals surface area contributed by atoms with Crippen molar-refractivity contribution in [1.82, 2.24) is 5.43 Å². The van der Waals surface area contributed by atoms with Gasteiger partial charge in [0.2, 0.25) is 0 Å². The number of nitrogens with one attached hydrogen (secondary N) is 1. The first-order valence-electron chi connectivity index (χ1n) is 4.75. The molecule has 1 aliphatic rings. The molecule has 80 valence electrons. The third-order valence-electron chi connectivity index (χ3n) is 2.25. The highest BCUT2D eigenvalue weighted by molar-refractivity contribution is 5.77. The first-order chi connectivity index (χ1) is 7.84. The molecule has 5 heteroatoms. The molecule has 16 heavy (non-hydrogen) atoms. The Labute approximate surface area is 90.5 Å². The van der Waals surface area contributed by atoms with Crippen molar-refractivity contribution >= 4 is 16.9 Å². The maximum absolute atomic E-state index is 11.8. The van der Waals surface area contributed by atoms with Crippen LogP contribution in [0.15, 0.2) is 52.0 Å². The molecule has 0 unspecified atom stereocenters. The van der Waals surface area contributed by atoms with Gasteiger partial charge in [-0.15, -0.1) is 0 Å². The van der Waals surface area contributed by atoms with Crippen molar-refractivity contribution in [2.45, 2.75) is 0 Å². The van der Waals surface area contributed by atoms with Crippen LogP contribution in [0.5, 0.6) is 0 Å². The van der Waals surface area contributed by atoms with Crippen LogP contribution in [-0.4, -0.2) is 0 Å². The van der Waals surface area contributed by atoms with Crippen molar-refractivity contribution in [3.05, 3.63) is 53.0 Å². The summed E-state index contributed by atoms with van der Waals surface area (Å²) in [5.74, 6) is 0.314. The Morgan fingerprint density at radius 2 is 2.12 bits per heavy atom. The second kappa shape index (κ2) is 3.30. The van der Waals surface area contributed by atoms with Crippen LogP contribution >= 0.6 is 0 Å². The second-order valence-corrected chi connectivity index (χ2v) is 3.28. The zero-order valence-corrected chi connectivity index (χ0v) is 8.21. The molecular weight excluding hydrogens is 208 g/mol. The predicted molar refractivity (Wildman–Crippen MR) is 58.3 cm³/mol. The van der Waals surface area contributed by atoms with Crippen LogP contribution in [0.2, 0.25) is 0 Å². The molecule has 0 saturated heterocycles. The molecule has 5 nitrogen and oxygen atoms in total. The number of fused-ring (bicyclic) bond motifs is 1. The van der Waals surface area contributed by atoms with Crippen LogP contribution in [0.3, 0.4) is 0 Å². The Morgan fingerprint density at radius 3 is 2.94 bits per heavy atom. The summed E-state index contributed by atoms with van der Waals surface area (Å²) in [5, 5.41) is 1.83. The zero-order chi connectivity index (χ0) is 11.0. The zero-order valence-electron chi connectivity index (χ0n) is 8.21. The maximum atomic E-state index is 11.8. The average Bonchev–Trinajstić information content (AvgIpc) is 2.82. The van der Waals surface area contributed by atoms with Gasteiger partial charge in [-0.1, -0.05) is 17.3 Å². The summed E-state index contributed by atoms with van der Waals surface area (Å²) in [5.41, 5.74) is 3.19. The number of para-hydroxylation sites is 1. The van der Waals surface area contributed by atoms with Crippen molar-refractivity contribution in [3.8, 4) is 0 Å². The van der Waals surface area contributed by atoms with E-state index in [1.165, 1.54) is 17.5 Å². The molecule has 0 bridgehead atoms. The van der Waals surface area contributed by atoms with Crippen molar-refractivity contribution in [2.75, 3.05) is 5.17 Å². The first-order valence-corrected chi connectivity index (χ1v) is 4.75. The second-order valence-electron chi connectivity index (χ2n) is 3.28. The predicted octanol–water partition coefficient (Wildman–Crippen LogP) is 1.52. The molecule has 0 amide bonds. The lowest BCUT2D eigenvalue weighted by Crippen LogP contribution is -2.28. The molecule has 0 aliphatic carbocycles. The Balaban J connectivity index is 2.17. The minimum absolute atomic E-state index is 0.103. The van der Waals surface area contributed by atoms with E-state index in [-0.39, 0.29) is 5.43 Å². The molecular formula is C11H8N2O3. The van der Waals surface area contributed by atoms with E-state index in [4.69, 9.17) is 9.25 Å². The molecule has 0 saturated carbocycles. The summed E-state index contributed by atoms with van der Waals surface area (Å²) >= 11 is 0. The highest BCUT2D eigenvalue weighted by atomic mass is 16.7. The lowest BCUT2D eigenvalue weighted by Gasteiger charge is -2.14. The topological polar surface area (TPSA) is 54.7 Å². The van der Waals surface area contributed by atoms with E-state index >= 15 is 0 Å². The van der Waals surface area contributed by atoms with Crippen LogP contribution < -0.4 is 16.0 Å². The molecule has 0 fully saturated rings. The summed E-state index contributed by atoms with van der Waals surface area (Å²) in [4.78, 5) is 16.8. The van der Waals surface area contributed by atoms with Crippen LogP contribution in [0.4, 0.5) is 5.88 Å². The lowest BCUT2D eigenvalue weighted by molar-refractivity contribution is 0.204. The third-order valence-corrected chi connectivity index (χ3v) is 2.25. The fourth-order valence-electron chi connectivity index (χ4n) is 1.53. The SMILES string of the molecule is O=c1cc(N2NC=CO2)oc2ccccc12. The molecule has 0 radical (unpaired) electrons. The summed E-state index contributed by atoms with van der Waals surface area (Å²) in [7, 11) is 0. The monoisotopic (exact) mass is 216 g/mol. The molecule has 1 aromatic heterocycles. The highest BCUT2D eigenvalue weighted by Gasteiger charge is 2.13. The van der Waals surface area contributed by atoms with E-state index in [2.05, 4.69) is 5.43 Å². The standard InChI is InChI=1S/C11H8N2O3/c14-9-7-11(13-12-5-6-15-13)16-10-4-2-1-3-8(9)10/h1-7,12H. The van der Waals surface area contributed by atoms with Crippen LogP contribution in [0, 0.1) is 0 Å². The molecule has 1 N–H and O–H groups in total. The molecule has 1 aromatic carbocycles. The Morgan fingerprint density at radius 1 is 1.25 bits per heavy atom. The number of anilines is 1. The van der Waals surface area contributed by atoms with E-state index < -0.39 is 0 Å². The van der Waals surface area contributed by atoms with Crippen LogP contribution in [0.25, 0.3) is 11.0 Å². The van der Waals surface area contributed by atoms with Gasteiger partial charge in [0.25, 0.3) is 5.88 Å². The van der Waals surface area contributed by atoms with E-state index in [0.717, 1.165) is 0 Å². The van der Waals surface area contributed by atoms with Gasteiger partial charge in [0, 0.05) is 0 Å². The van der Waals surface area contributed by atoms with Crippen molar-refractivity contribution in [2.24, 2.45) is 0 Å². The molecule has 2 aromatic rings. The number of hydrogen-bond donors (Lipinski definition) is 1. The van der Waals surface area contributed by atoms with E-state index in [0.29, 0.717) is 16.9 Å². The Bertz CT molecular complexity index is 610. The van der Waals surface area contributed by atoms with Gasteiger partial charge < -0.3 is 9.25 Å². The number of nitrogens with zero attached hydrogens (tertiary/aromatic N) is 1. The molecule has 0 spiro atoms. The minimum atomic E-state index is -0.103. The van der Waals surface area contributed by atoms with Gasteiger partial charge in [-0.3, -0.25) is 10.2 Å². The van der Waals surface area contributed by atoms with E-state index in [1.807, 2.05) is 6.07 Å². The summed E-state index contributed by atoms with van der Waals surface area (Å²) < 4.78 is 5.52. The average molecular weight is 216 g/mol. The summed E-state index contributed by atoms with van der Waals surface area (Å²) in [6.07, 6.45) is 3.05. The minimum Gasteiger partial charge on any atom is -0.436 e. The fourth-order valence-corrected chi connectivity index (χ4v) is 1.53. The van der Waals surface area contributed by atoms with E-state index in [9.17, 15) is 4.79 Å². The van der Waals surface area contributed by atoms with Crippen molar-refractivity contribution < 1.29 is 9.25 Å². The number of hydrazine groups is 1.